The van der Waals surface area contributed by atoms with Gasteiger partial charge in [-0.15, -0.1) is 0 Å². The SMILES string of the molecule is COc1ccccc1OCC(=O)Nc1ccc(CO)cc1. The topological polar surface area (TPSA) is 67.8 Å². The van der Waals surface area contributed by atoms with Gasteiger partial charge < -0.3 is 19.9 Å². The van der Waals surface area contributed by atoms with E-state index in [9.17, 15) is 4.79 Å². The van der Waals surface area contributed by atoms with Gasteiger partial charge in [0.25, 0.3) is 5.91 Å². The Bertz CT molecular complexity index is 595. The second-order valence-electron chi connectivity index (χ2n) is 4.34. The number of carbonyl (C=O) groups is 1. The van der Waals surface area contributed by atoms with Gasteiger partial charge in [0.05, 0.1) is 13.7 Å². The Kier molecular flexibility index (Phi) is 5.17. The van der Waals surface area contributed by atoms with E-state index in [1.807, 2.05) is 12.1 Å². The number of benzene rings is 2. The number of nitrogens with one attached hydrogen (secondary N) is 1. The smallest absolute Gasteiger partial charge is 0.262 e. The molecule has 2 aromatic carbocycles. The number of hydrogen-bond acceptors (Lipinski definition) is 4. The lowest BCUT2D eigenvalue weighted by molar-refractivity contribution is -0.118. The average Bonchev–Trinajstić information content (AvgIpc) is 2.54. The quantitative estimate of drug-likeness (QED) is 0.854. The normalized spacial score (nSPS) is 10.0. The maximum Gasteiger partial charge on any atom is 0.262 e. The third-order valence-corrected chi connectivity index (χ3v) is 2.85. The molecular formula is C16H17NO4. The summed E-state index contributed by atoms with van der Waals surface area (Å²) >= 11 is 0. The van der Waals surface area contributed by atoms with E-state index >= 15 is 0 Å². The summed E-state index contributed by atoms with van der Waals surface area (Å²) in [6.45, 7) is -0.132. The van der Waals surface area contributed by atoms with Gasteiger partial charge in [-0.25, -0.2) is 0 Å². The number of ether oxygens (including phenoxy) is 2. The number of aliphatic hydroxyl groups excluding tert-OH is 1. The average molecular weight is 287 g/mol. The molecule has 5 heteroatoms. The van der Waals surface area contributed by atoms with Crippen molar-refractivity contribution >= 4 is 11.6 Å². The van der Waals surface area contributed by atoms with Gasteiger partial charge in [-0.3, -0.25) is 4.79 Å². The van der Waals surface area contributed by atoms with Crippen LogP contribution in [0.15, 0.2) is 48.5 Å². The van der Waals surface area contributed by atoms with E-state index in [1.54, 1.807) is 43.5 Å². The minimum Gasteiger partial charge on any atom is -0.493 e. The predicted octanol–water partition coefficient (Wildman–Crippen LogP) is 2.21. The Morgan fingerprint density at radius 3 is 2.38 bits per heavy atom. The van der Waals surface area contributed by atoms with Gasteiger partial charge >= 0.3 is 0 Å². The Labute approximate surface area is 123 Å². The minimum absolute atomic E-state index is 0.0227. The minimum atomic E-state index is -0.266. The number of anilines is 1. The van der Waals surface area contributed by atoms with Gasteiger partial charge in [0.15, 0.2) is 18.1 Å². The molecule has 0 unspecified atom stereocenters. The first-order valence-electron chi connectivity index (χ1n) is 6.48. The molecule has 0 aromatic heterocycles. The van der Waals surface area contributed by atoms with E-state index in [2.05, 4.69) is 5.32 Å². The highest BCUT2D eigenvalue weighted by Gasteiger charge is 2.07. The number of hydrogen-bond donors (Lipinski definition) is 2. The van der Waals surface area contributed by atoms with Crippen LogP contribution in [0, 0.1) is 0 Å². The van der Waals surface area contributed by atoms with Crippen molar-refractivity contribution in [2.45, 2.75) is 6.61 Å². The van der Waals surface area contributed by atoms with Gasteiger partial charge in [-0.05, 0) is 29.8 Å². The summed E-state index contributed by atoms with van der Waals surface area (Å²) in [5.74, 6) is 0.834. The summed E-state index contributed by atoms with van der Waals surface area (Å²) in [6, 6.07) is 14.1. The lowest BCUT2D eigenvalue weighted by Gasteiger charge is -2.10. The fraction of sp³-hybridized carbons (Fsp3) is 0.188. The molecule has 0 radical (unpaired) electrons. The molecule has 0 saturated heterocycles. The second-order valence-corrected chi connectivity index (χ2v) is 4.34. The van der Waals surface area contributed by atoms with Crippen LogP contribution in [0.4, 0.5) is 5.69 Å². The fourth-order valence-electron chi connectivity index (χ4n) is 1.77. The number of carbonyl (C=O) groups excluding carboxylic acids is 1. The first-order chi connectivity index (χ1) is 10.2. The zero-order valence-electron chi connectivity index (χ0n) is 11.7. The Morgan fingerprint density at radius 2 is 1.76 bits per heavy atom. The molecule has 0 spiro atoms. The van der Waals surface area contributed by atoms with Crippen LogP contribution in [0.25, 0.3) is 0 Å². The van der Waals surface area contributed by atoms with E-state index < -0.39 is 0 Å². The molecule has 0 aliphatic rings. The molecule has 2 aromatic rings. The fourth-order valence-corrected chi connectivity index (χ4v) is 1.77. The molecule has 110 valence electrons. The van der Waals surface area contributed by atoms with E-state index in [4.69, 9.17) is 14.6 Å². The van der Waals surface area contributed by atoms with Gasteiger partial charge in [0, 0.05) is 5.69 Å². The molecule has 5 nitrogen and oxygen atoms in total. The van der Waals surface area contributed by atoms with Crippen molar-refractivity contribution in [3.05, 3.63) is 54.1 Å². The van der Waals surface area contributed by atoms with E-state index in [-0.39, 0.29) is 19.1 Å². The van der Waals surface area contributed by atoms with Gasteiger partial charge in [0.2, 0.25) is 0 Å². The predicted molar refractivity (Wildman–Crippen MR) is 79.5 cm³/mol. The Morgan fingerprint density at radius 1 is 1.10 bits per heavy atom. The third-order valence-electron chi connectivity index (χ3n) is 2.85. The van der Waals surface area contributed by atoms with Crippen LogP contribution in [0.5, 0.6) is 11.5 Å². The van der Waals surface area contributed by atoms with E-state index in [1.165, 1.54) is 0 Å². The maximum atomic E-state index is 11.8. The lowest BCUT2D eigenvalue weighted by Crippen LogP contribution is -2.20. The second kappa shape index (κ2) is 7.31. The molecule has 21 heavy (non-hydrogen) atoms. The van der Waals surface area contributed by atoms with Crippen LogP contribution in [-0.2, 0) is 11.4 Å². The van der Waals surface area contributed by atoms with Gasteiger partial charge in [0.1, 0.15) is 0 Å². The van der Waals surface area contributed by atoms with Crippen LogP contribution in [0.1, 0.15) is 5.56 Å². The maximum absolute atomic E-state index is 11.8. The van der Waals surface area contributed by atoms with E-state index in [0.29, 0.717) is 17.2 Å². The highest BCUT2D eigenvalue weighted by atomic mass is 16.5. The summed E-state index contributed by atoms with van der Waals surface area (Å²) < 4.78 is 10.6. The molecule has 0 aliphatic heterocycles. The summed E-state index contributed by atoms with van der Waals surface area (Å²) in [5.41, 5.74) is 1.44. The molecule has 0 bridgehead atoms. The lowest BCUT2D eigenvalue weighted by atomic mass is 10.2. The highest BCUT2D eigenvalue weighted by Crippen LogP contribution is 2.25. The summed E-state index contributed by atoms with van der Waals surface area (Å²) in [4.78, 5) is 11.8. The zero-order chi connectivity index (χ0) is 15.1. The molecule has 2 rings (SSSR count). The van der Waals surface area contributed by atoms with Crippen LogP contribution >= 0.6 is 0 Å². The van der Waals surface area contributed by atoms with Crippen LogP contribution in [0.2, 0.25) is 0 Å². The number of aliphatic hydroxyl groups is 1. The van der Waals surface area contributed by atoms with Crippen molar-refractivity contribution < 1.29 is 19.4 Å². The molecule has 0 aliphatic carbocycles. The van der Waals surface area contributed by atoms with E-state index in [0.717, 1.165) is 5.56 Å². The summed E-state index contributed by atoms with van der Waals surface area (Å²) in [6.07, 6.45) is 0. The molecule has 0 heterocycles. The Balaban J connectivity index is 1.89. The molecule has 2 N–H and O–H groups in total. The van der Waals surface area contributed by atoms with Crippen molar-refractivity contribution in [1.82, 2.24) is 0 Å². The third kappa shape index (κ3) is 4.22. The van der Waals surface area contributed by atoms with Gasteiger partial charge in [-0.2, -0.15) is 0 Å². The van der Waals surface area contributed by atoms with Crippen molar-refractivity contribution in [2.24, 2.45) is 0 Å². The van der Waals surface area contributed by atoms with Gasteiger partial charge in [-0.1, -0.05) is 24.3 Å². The van der Waals surface area contributed by atoms with Crippen molar-refractivity contribution in [1.29, 1.82) is 0 Å². The van der Waals surface area contributed by atoms with Crippen LogP contribution in [0.3, 0.4) is 0 Å². The molecule has 1 amide bonds. The zero-order valence-corrected chi connectivity index (χ0v) is 11.7. The molecule has 0 saturated carbocycles. The summed E-state index contributed by atoms with van der Waals surface area (Å²) in [7, 11) is 1.55. The first kappa shape index (κ1) is 14.9. The van der Waals surface area contributed by atoms with Crippen molar-refractivity contribution in [3.63, 3.8) is 0 Å². The first-order valence-corrected chi connectivity index (χ1v) is 6.48. The highest BCUT2D eigenvalue weighted by molar-refractivity contribution is 5.91. The van der Waals surface area contributed by atoms with Crippen LogP contribution in [-0.4, -0.2) is 24.7 Å². The standard InChI is InChI=1S/C16H17NO4/c1-20-14-4-2-3-5-15(14)21-11-16(19)17-13-8-6-12(10-18)7-9-13/h2-9,18H,10-11H2,1H3,(H,17,19). The largest absolute Gasteiger partial charge is 0.493 e. The monoisotopic (exact) mass is 287 g/mol. The number of amides is 1. The molecule has 0 atom stereocenters. The number of rotatable bonds is 6. The van der Waals surface area contributed by atoms with Crippen LogP contribution < -0.4 is 14.8 Å². The molecule has 0 fully saturated rings. The molecular weight excluding hydrogens is 270 g/mol. The van der Waals surface area contributed by atoms with Crippen molar-refractivity contribution in [3.8, 4) is 11.5 Å². The summed E-state index contributed by atoms with van der Waals surface area (Å²) in [5, 5.41) is 11.7. The number of methoxy groups -OCH3 is 1. The number of para-hydroxylation sites is 2. The Hall–Kier alpha value is -2.53. The van der Waals surface area contributed by atoms with Crippen molar-refractivity contribution in [2.75, 3.05) is 19.0 Å².